The Morgan fingerprint density at radius 3 is 2.71 bits per heavy atom. The topological polar surface area (TPSA) is 86.0 Å². The van der Waals surface area contributed by atoms with Crippen LogP contribution in [-0.4, -0.2) is 35.6 Å². The van der Waals surface area contributed by atoms with E-state index in [4.69, 9.17) is 0 Å². The van der Waals surface area contributed by atoms with Crippen LogP contribution in [0.3, 0.4) is 0 Å². The maximum atomic E-state index is 12.8. The zero-order chi connectivity index (χ0) is 17.5. The maximum absolute atomic E-state index is 12.8. The minimum Gasteiger partial charge on any atom is -0.338 e. The van der Waals surface area contributed by atoms with Gasteiger partial charge in [0, 0.05) is 25.5 Å². The standard InChI is InChI=1S/C16H20N4O3S/c1-11-5-6-13-12(9-11)16(21)15-14(10-17-19(15)2)20(13)8-4-7-18-24(3,22)23/h5-6,9-10,18H,4,7-8H2,1-3H3. The lowest BCUT2D eigenvalue weighted by Crippen LogP contribution is -2.24. The molecular formula is C16H20N4O3S. The molecule has 0 saturated heterocycles. The van der Waals surface area contributed by atoms with Gasteiger partial charge in [0.05, 0.1) is 23.5 Å². The van der Waals surface area contributed by atoms with Crippen LogP contribution < -0.4 is 10.2 Å². The van der Waals surface area contributed by atoms with E-state index in [-0.39, 0.29) is 5.43 Å². The Morgan fingerprint density at radius 2 is 2.00 bits per heavy atom. The molecule has 0 fully saturated rings. The van der Waals surface area contributed by atoms with Crippen LogP contribution in [-0.2, 0) is 23.6 Å². The fraction of sp³-hybridized carbons (Fsp3) is 0.375. The van der Waals surface area contributed by atoms with Crippen molar-refractivity contribution in [3.8, 4) is 0 Å². The Kier molecular flexibility index (Phi) is 4.18. The van der Waals surface area contributed by atoms with Gasteiger partial charge in [-0.3, -0.25) is 9.48 Å². The van der Waals surface area contributed by atoms with Crippen molar-refractivity contribution in [2.24, 2.45) is 7.05 Å². The van der Waals surface area contributed by atoms with Crippen molar-refractivity contribution in [3.63, 3.8) is 0 Å². The first-order valence-electron chi connectivity index (χ1n) is 7.67. The average molecular weight is 348 g/mol. The van der Waals surface area contributed by atoms with Crippen molar-refractivity contribution in [2.75, 3.05) is 12.8 Å². The largest absolute Gasteiger partial charge is 0.338 e. The molecule has 7 nitrogen and oxygen atoms in total. The fourth-order valence-corrected chi connectivity index (χ4v) is 3.46. The van der Waals surface area contributed by atoms with Crippen LogP contribution in [0.4, 0.5) is 0 Å². The van der Waals surface area contributed by atoms with Crippen molar-refractivity contribution in [2.45, 2.75) is 19.9 Å². The highest BCUT2D eigenvalue weighted by molar-refractivity contribution is 7.88. The Balaban J connectivity index is 2.10. The van der Waals surface area contributed by atoms with Gasteiger partial charge in [-0.2, -0.15) is 5.10 Å². The van der Waals surface area contributed by atoms with Gasteiger partial charge >= 0.3 is 0 Å². The summed E-state index contributed by atoms with van der Waals surface area (Å²) in [6.45, 7) is 2.89. The number of aryl methyl sites for hydroxylation is 3. The molecule has 0 radical (unpaired) electrons. The Morgan fingerprint density at radius 1 is 1.25 bits per heavy atom. The normalized spacial score (nSPS) is 12.3. The van der Waals surface area contributed by atoms with Gasteiger partial charge in [0.15, 0.2) is 0 Å². The van der Waals surface area contributed by atoms with Crippen molar-refractivity contribution < 1.29 is 8.42 Å². The molecule has 2 aromatic heterocycles. The van der Waals surface area contributed by atoms with Gasteiger partial charge in [0.1, 0.15) is 5.52 Å². The minimum atomic E-state index is -3.20. The van der Waals surface area contributed by atoms with Crippen LogP contribution in [0.1, 0.15) is 12.0 Å². The lowest BCUT2D eigenvalue weighted by atomic mass is 10.1. The molecule has 8 heteroatoms. The second kappa shape index (κ2) is 6.03. The number of sulfonamides is 1. The van der Waals surface area contributed by atoms with E-state index in [1.807, 2.05) is 29.7 Å². The van der Waals surface area contributed by atoms with Gasteiger partial charge < -0.3 is 4.57 Å². The van der Waals surface area contributed by atoms with E-state index in [0.29, 0.717) is 30.4 Å². The number of aromatic nitrogens is 3. The lowest BCUT2D eigenvalue weighted by Gasteiger charge is -2.13. The number of hydrogen-bond donors (Lipinski definition) is 1. The van der Waals surface area contributed by atoms with E-state index in [9.17, 15) is 13.2 Å². The number of pyridine rings is 1. The average Bonchev–Trinajstić information content (AvgIpc) is 2.88. The molecule has 0 spiro atoms. The van der Waals surface area contributed by atoms with Crippen LogP contribution >= 0.6 is 0 Å². The van der Waals surface area contributed by atoms with E-state index < -0.39 is 10.0 Å². The van der Waals surface area contributed by atoms with E-state index >= 15 is 0 Å². The molecule has 2 heterocycles. The molecule has 3 rings (SSSR count). The summed E-state index contributed by atoms with van der Waals surface area (Å²) in [6.07, 6.45) is 3.44. The van der Waals surface area contributed by atoms with Crippen molar-refractivity contribution in [1.82, 2.24) is 19.1 Å². The third kappa shape index (κ3) is 3.07. The second-order valence-electron chi connectivity index (χ2n) is 6.02. The minimum absolute atomic E-state index is 0.0331. The van der Waals surface area contributed by atoms with Gasteiger partial charge in [-0.15, -0.1) is 0 Å². The van der Waals surface area contributed by atoms with Crippen LogP contribution in [0.25, 0.3) is 21.9 Å². The lowest BCUT2D eigenvalue weighted by molar-refractivity contribution is 0.579. The smallest absolute Gasteiger partial charge is 0.215 e. The zero-order valence-electron chi connectivity index (χ0n) is 13.9. The van der Waals surface area contributed by atoms with Gasteiger partial charge in [-0.05, 0) is 25.5 Å². The SMILES string of the molecule is Cc1ccc2c(c1)c(=O)c1c(cnn1C)n2CCCNS(C)(=O)=O. The third-order valence-electron chi connectivity index (χ3n) is 4.04. The maximum Gasteiger partial charge on any atom is 0.215 e. The predicted octanol–water partition coefficient (Wildman–Crippen LogP) is 1.14. The summed E-state index contributed by atoms with van der Waals surface area (Å²) in [5, 5.41) is 4.87. The van der Waals surface area contributed by atoms with Crippen LogP contribution in [0, 0.1) is 6.92 Å². The number of nitrogens with zero attached hydrogens (tertiary/aromatic N) is 3. The fourth-order valence-electron chi connectivity index (χ4n) is 2.95. The third-order valence-corrected chi connectivity index (χ3v) is 4.76. The van der Waals surface area contributed by atoms with E-state index in [2.05, 4.69) is 9.82 Å². The molecule has 1 N–H and O–H groups in total. The van der Waals surface area contributed by atoms with E-state index in [0.717, 1.165) is 22.9 Å². The number of rotatable bonds is 5. The second-order valence-corrected chi connectivity index (χ2v) is 7.86. The summed E-state index contributed by atoms with van der Waals surface area (Å²) in [7, 11) is -1.45. The molecule has 1 aromatic carbocycles. The Labute approximate surface area is 139 Å². The molecule has 0 saturated carbocycles. The van der Waals surface area contributed by atoms with E-state index in [1.54, 1.807) is 17.9 Å². The summed E-state index contributed by atoms with van der Waals surface area (Å²) in [5.41, 5.74) is 3.15. The molecule has 3 aromatic rings. The van der Waals surface area contributed by atoms with E-state index in [1.165, 1.54) is 0 Å². The highest BCUT2D eigenvalue weighted by Crippen LogP contribution is 2.20. The number of fused-ring (bicyclic) bond motifs is 2. The molecule has 24 heavy (non-hydrogen) atoms. The summed E-state index contributed by atoms with van der Waals surface area (Å²) >= 11 is 0. The van der Waals surface area contributed by atoms with Crippen molar-refractivity contribution >= 4 is 32.0 Å². The first-order chi connectivity index (χ1) is 11.3. The van der Waals surface area contributed by atoms with Crippen molar-refractivity contribution in [1.29, 1.82) is 0 Å². The number of benzene rings is 1. The highest BCUT2D eigenvalue weighted by atomic mass is 32.2. The zero-order valence-corrected chi connectivity index (χ0v) is 14.7. The summed E-state index contributed by atoms with van der Waals surface area (Å²) in [6, 6.07) is 5.78. The van der Waals surface area contributed by atoms with Crippen LogP contribution in [0.5, 0.6) is 0 Å². The summed E-state index contributed by atoms with van der Waals surface area (Å²) < 4.78 is 28.5. The molecule has 128 valence electrons. The van der Waals surface area contributed by atoms with Crippen LogP contribution in [0.2, 0.25) is 0 Å². The molecular weight excluding hydrogens is 328 g/mol. The molecule has 0 aliphatic rings. The first-order valence-corrected chi connectivity index (χ1v) is 9.56. The Hall–Kier alpha value is -2.19. The molecule has 0 amide bonds. The quantitative estimate of drug-likeness (QED) is 0.701. The first kappa shape index (κ1) is 16.7. The molecule has 0 unspecified atom stereocenters. The molecule has 0 aliphatic carbocycles. The molecule has 0 bridgehead atoms. The van der Waals surface area contributed by atoms with Gasteiger partial charge in [-0.1, -0.05) is 11.6 Å². The van der Waals surface area contributed by atoms with Gasteiger partial charge in [0.2, 0.25) is 15.5 Å². The molecule has 0 aliphatic heterocycles. The monoisotopic (exact) mass is 348 g/mol. The van der Waals surface area contributed by atoms with Gasteiger partial charge in [-0.25, -0.2) is 13.1 Å². The van der Waals surface area contributed by atoms with Crippen LogP contribution in [0.15, 0.2) is 29.2 Å². The van der Waals surface area contributed by atoms with Crippen molar-refractivity contribution in [3.05, 3.63) is 40.2 Å². The summed E-state index contributed by atoms with van der Waals surface area (Å²) in [4.78, 5) is 12.8. The number of nitrogens with one attached hydrogen (secondary N) is 1. The predicted molar refractivity (Wildman–Crippen MR) is 94.7 cm³/mol. The van der Waals surface area contributed by atoms with Gasteiger partial charge in [0.25, 0.3) is 0 Å². The highest BCUT2D eigenvalue weighted by Gasteiger charge is 2.14. The molecule has 0 atom stereocenters. The number of hydrogen-bond acceptors (Lipinski definition) is 4. The summed E-state index contributed by atoms with van der Waals surface area (Å²) in [5.74, 6) is 0. The Bertz CT molecular complexity index is 1080.